The van der Waals surface area contributed by atoms with E-state index in [4.69, 9.17) is 31.1 Å². The molecule has 4 N–H and O–H groups in total. The topological polar surface area (TPSA) is 149 Å². The van der Waals surface area contributed by atoms with Gasteiger partial charge in [-0.25, -0.2) is 14.0 Å². The minimum atomic E-state index is -3.80. The lowest BCUT2D eigenvalue weighted by Gasteiger charge is -2.28. The van der Waals surface area contributed by atoms with E-state index in [9.17, 15) is 19.6 Å². The van der Waals surface area contributed by atoms with Crippen molar-refractivity contribution < 1.29 is 28.6 Å². The number of aliphatic hydroxyl groups is 2. The molecule has 0 amide bonds. The van der Waals surface area contributed by atoms with Crippen LogP contribution in [0.4, 0.5) is 5.82 Å². The fourth-order valence-electron chi connectivity index (χ4n) is 3.41. The average molecular weight is 517 g/mol. The van der Waals surface area contributed by atoms with Gasteiger partial charge in [0, 0.05) is 18.6 Å². The van der Waals surface area contributed by atoms with Crippen molar-refractivity contribution in [1.82, 2.24) is 14.2 Å². The summed E-state index contributed by atoms with van der Waals surface area (Å²) in [7, 11) is -2.19. The Hall–Kier alpha value is -1.82. The van der Waals surface area contributed by atoms with Crippen LogP contribution in [0.5, 0.6) is 0 Å². The number of nitrogens with two attached hydrogens (primary N) is 1. The van der Waals surface area contributed by atoms with Crippen LogP contribution in [0.15, 0.2) is 47.4 Å². The Bertz CT molecular complexity index is 1030. The van der Waals surface area contributed by atoms with Crippen molar-refractivity contribution in [2.24, 2.45) is 0 Å². The zero-order chi connectivity index (χ0) is 24.7. The second kappa shape index (κ2) is 12.2. The number of benzene rings is 1. The molecule has 34 heavy (non-hydrogen) atoms. The molecule has 2 aromatic rings. The van der Waals surface area contributed by atoms with E-state index in [1.54, 1.807) is 7.05 Å². The molecular weight excluding hydrogens is 487 g/mol. The summed E-state index contributed by atoms with van der Waals surface area (Å²) in [6.07, 6.45) is -2.41. The van der Waals surface area contributed by atoms with E-state index in [2.05, 4.69) is 4.98 Å². The quantitative estimate of drug-likeness (QED) is 0.216. The van der Waals surface area contributed by atoms with E-state index in [0.717, 1.165) is 16.6 Å². The standard InChI is InChI=1S/C21H30ClN4O7P/c1-25(11-6-5-10-22)34(30,31-13-15-7-3-2-4-8-15)32-14-16-18(27)19(28)20(33-16)26-12-9-17(23)24-21(26)29/h2-4,7-9,12,16,18-20,27-28H,5-6,10-11,13-14H2,1H3,(H2,23,24,29)/t16-,18-,19+,20-,34?/m1/s1. The van der Waals surface area contributed by atoms with Crippen molar-refractivity contribution in [1.29, 1.82) is 0 Å². The highest BCUT2D eigenvalue weighted by Gasteiger charge is 2.45. The van der Waals surface area contributed by atoms with Crippen LogP contribution in [0.1, 0.15) is 24.6 Å². The summed E-state index contributed by atoms with van der Waals surface area (Å²) >= 11 is 5.75. The molecule has 1 fully saturated rings. The number of ether oxygens (including phenoxy) is 1. The van der Waals surface area contributed by atoms with Gasteiger partial charge in [0.25, 0.3) is 0 Å². The molecule has 0 saturated carbocycles. The highest BCUT2D eigenvalue weighted by Crippen LogP contribution is 2.52. The molecule has 1 aromatic carbocycles. The maximum Gasteiger partial charge on any atom is 0.408 e. The minimum Gasteiger partial charge on any atom is -0.387 e. The van der Waals surface area contributed by atoms with E-state index in [1.807, 2.05) is 30.3 Å². The average Bonchev–Trinajstić information content (AvgIpc) is 3.10. The molecule has 0 aliphatic carbocycles. The van der Waals surface area contributed by atoms with Crippen LogP contribution in [0.3, 0.4) is 0 Å². The maximum absolute atomic E-state index is 13.6. The van der Waals surface area contributed by atoms with Gasteiger partial charge >= 0.3 is 13.4 Å². The summed E-state index contributed by atoms with van der Waals surface area (Å²) in [5.41, 5.74) is 5.57. The second-order valence-electron chi connectivity index (χ2n) is 7.89. The van der Waals surface area contributed by atoms with Crippen LogP contribution in [0.2, 0.25) is 0 Å². The van der Waals surface area contributed by atoms with E-state index in [-0.39, 0.29) is 19.0 Å². The highest BCUT2D eigenvalue weighted by molar-refractivity contribution is 7.51. The van der Waals surface area contributed by atoms with Crippen LogP contribution >= 0.6 is 19.3 Å². The van der Waals surface area contributed by atoms with Gasteiger partial charge < -0.3 is 20.7 Å². The summed E-state index contributed by atoms with van der Waals surface area (Å²) in [4.78, 5) is 15.7. The van der Waals surface area contributed by atoms with Crippen LogP contribution in [0, 0.1) is 0 Å². The molecule has 0 spiro atoms. The molecule has 0 bridgehead atoms. The Morgan fingerprint density at radius 3 is 2.62 bits per heavy atom. The summed E-state index contributed by atoms with van der Waals surface area (Å²) in [6, 6.07) is 10.6. The van der Waals surface area contributed by atoms with Crippen molar-refractivity contribution >= 4 is 25.2 Å². The van der Waals surface area contributed by atoms with Gasteiger partial charge in [-0.1, -0.05) is 30.3 Å². The molecule has 1 aromatic heterocycles. The normalized spacial score (nSPS) is 24.4. The first-order chi connectivity index (χ1) is 16.2. The Labute approximate surface area is 202 Å². The molecule has 11 nitrogen and oxygen atoms in total. The fraction of sp³-hybridized carbons (Fsp3) is 0.524. The Morgan fingerprint density at radius 1 is 1.21 bits per heavy atom. The lowest BCUT2D eigenvalue weighted by atomic mass is 10.1. The molecule has 5 atom stereocenters. The van der Waals surface area contributed by atoms with Crippen LogP contribution in [-0.4, -0.2) is 68.8 Å². The first kappa shape index (κ1) is 26.8. The number of hydrogen-bond acceptors (Lipinski definition) is 9. The third-order valence-electron chi connectivity index (χ3n) is 5.39. The van der Waals surface area contributed by atoms with Crippen molar-refractivity contribution in [3.05, 3.63) is 58.6 Å². The van der Waals surface area contributed by atoms with Crippen molar-refractivity contribution in [2.45, 2.75) is 44.0 Å². The Balaban J connectivity index is 1.70. The van der Waals surface area contributed by atoms with E-state index >= 15 is 0 Å². The fourth-order valence-corrected chi connectivity index (χ4v) is 5.10. The van der Waals surface area contributed by atoms with Gasteiger partial charge in [0.15, 0.2) is 6.23 Å². The zero-order valence-corrected chi connectivity index (χ0v) is 20.4. The van der Waals surface area contributed by atoms with E-state index < -0.39 is 38.0 Å². The summed E-state index contributed by atoms with van der Waals surface area (Å²) in [5, 5.41) is 20.9. The van der Waals surface area contributed by atoms with Gasteiger partial charge in [-0.15, -0.1) is 11.6 Å². The van der Waals surface area contributed by atoms with Crippen molar-refractivity contribution in [3.63, 3.8) is 0 Å². The predicted octanol–water partition coefficient (Wildman–Crippen LogP) is 1.74. The van der Waals surface area contributed by atoms with Gasteiger partial charge in [0.05, 0.1) is 13.2 Å². The number of nitrogens with zero attached hydrogens (tertiary/aromatic N) is 3. The molecule has 1 unspecified atom stereocenters. The number of unbranched alkanes of at least 4 members (excludes halogenated alkanes) is 1. The molecule has 2 heterocycles. The SMILES string of the molecule is CN(CCCCCl)P(=O)(OCc1ccccc1)OC[C@H]1O[C@@H](n2ccc(N)nc2=O)[C@@H](O)[C@@H]1O. The smallest absolute Gasteiger partial charge is 0.387 e. The molecule has 1 aliphatic rings. The number of halogens is 1. The lowest BCUT2D eigenvalue weighted by Crippen LogP contribution is -2.36. The minimum absolute atomic E-state index is 0.0166. The number of aliphatic hydroxyl groups excluding tert-OH is 2. The van der Waals surface area contributed by atoms with Gasteiger partial charge in [-0.3, -0.25) is 13.6 Å². The maximum atomic E-state index is 13.6. The van der Waals surface area contributed by atoms with Gasteiger partial charge in [-0.05, 0) is 31.5 Å². The van der Waals surface area contributed by atoms with Crippen molar-refractivity contribution in [3.8, 4) is 0 Å². The molecule has 1 aliphatic heterocycles. The van der Waals surface area contributed by atoms with Crippen molar-refractivity contribution in [2.75, 3.05) is 31.8 Å². The van der Waals surface area contributed by atoms with Gasteiger partial charge in [0.1, 0.15) is 24.1 Å². The molecule has 1 saturated heterocycles. The third-order valence-corrected chi connectivity index (χ3v) is 7.62. The number of alkyl halides is 1. The van der Waals surface area contributed by atoms with E-state index in [0.29, 0.717) is 18.8 Å². The zero-order valence-electron chi connectivity index (χ0n) is 18.8. The molecule has 3 rings (SSSR count). The van der Waals surface area contributed by atoms with Crippen LogP contribution in [0.25, 0.3) is 0 Å². The molecule has 13 heteroatoms. The summed E-state index contributed by atoms with van der Waals surface area (Å²) in [6.45, 7) is 0.103. The Kier molecular flexibility index (Phi) is 9.64. The highest BCUT2D eigenvalue weighted by atomic mass is 35.5. The molecular formula is C21H30ClN4O7P. The Morgan fingerprint density at radius 2 is 1.94 bits per heavy atom. The summed E-state index contributed by atoms with van der Waals surface area (Å²) in [5.74, 6) is 0.493. The predicted molar refractivity (Wildman–Crippen MR) is 126 cm³/mol. The molecule has 0 radical (unpaired) electrons. The van der Waals surface area contributed by atoms with Gasteiger partial charge in [-0.2, -0.15) is 4.98 Å². The summed E-state index contributed by atoms with van der Waals surface area (Å²) < 4.78 is 33.2. The number of aromatic nitrogens is 2. The second-order valence-corrected chi connectivity index (χ2v) is 10.4. The third kappa shape index (κ3) is 6.65. The van der Waals surface area contributed by atoms with E-state index in [1.165, 1.54) is 16.9 Å². The number of nitrogen functional groups attached to an aromatic ring is 1. The van der Waals surface area contributed by atoms with Gasteiger partial charge in [0.2, 0.25) is 0 Å². The lowest BCUT2D eigenvalue weighted by molar-refractivity contribution is -0.0544. The van der Waals surface area contributed by atoms with Crippen LogP contribution in [-0.2, 0) is 25.0 Å². The number of anilines is 1. The first-order valence-electron chi connectivity index (χ1n) is 10.8. The largest absolute Gasteiger partial charge is 0.408 e. The number of rotatable bonds is 12. The number of hydrogen-bond donors (Lipinski definition) is 3. The first-order valence-corrected chi connectivity index (χ1v) is 12.8. The molecule has 188 valence electrons. The van der Waals surface area contributed by atoms with Crippen LogP contribution < -0.4 is 11.4 Å². The monoisotopic (exact) mass is 516 g/mol.